The Bertz CT molecular complexity index is 1170. The van der Waals surface area contributed by atoms with Gasteiger partial charge in [-0.05, 0) is 86.7 Å². The molecule has 10 heteroatoms. The smallest absolute Gasteiger partial charge is 0.345 e. The Morgan fingerprint density at radius 3 is 2.53 bits per heavy atom. The first kappa shape index (κ1) is 23.2. The number of anilines is 2. The third-order valence-corrected chi connectivity index (χ3v) is 8.76. The zero-order valence-electron chi connectivity index (χ0n) is 20.0. The van der Waals surface area contributed by atoms with Crippen molar-refractivity contribution in [3.8, 4) is 0 Å². The number of hydrogen-bond acceptors (Lipinski definition) is 5. The van der Waals surface area contributed by atoms with Crippen LogP contribution in [-0.4, -0.2) is 54.8 Å². The molecule has 3 aliphatic rings. The molecule has 2 heterocycles. The molecule has 1 fully saturated rings. The van der Waals surface area contributed by atoms with E-state index >= 15 is 0 Å². The van der Waals surface area contributed by atoms with Crippen LogP contribution in [0.15, 0.2) is 22.9 Å². The fourth-order valence-corrected chi connectivity index (χ4v) is 7.06. The van der Waals surface area contributed by atoms with Crippen LogP contribution in [0.25, 0.3) is 0 Å². The van der Waals surface area contributed by atoms with Gasteiger partial charge >= 0.3 is 10.2 Å². The van der Waals surface area contributed by atoms with Crippen molar-refractivity contribution in [2.45, 2.75) is 64.3 Å². The highest BCUT2D eigenvalue weighted by Gasteiger charge is 2.34. The SMILES string of the molecule is CCN1CCCC(N(c2cnn(C)c2)S(=O)(=O)/N=C(\[O-])Nc2c3c(cc4c2CCC4)CCC3)C1. The Labute approximate surface area is 201 Å². The monoisotopic (exact) mass is 485 g/mol. The summed E-state index contributed by atoms with van der Waals surface area (Å²) < 4.78 is 33.7. The van der Waals surface area contributed by atoms with E-state index < -0.39 is 16.2 Å². The first-order chi connectivity index (χ1) is 16.4. The molecule has 2 aromatic rings. The first-order valence-corrected chi connectivity index (χ1v) is 13.7. The van der Waals surface area contributed by atoms with Crippen LogP contribution in [0.2, 0.25) is 0 Å². The van der Waals surface area contributed by atoms with E-state index in [1.54, 1.807) is 17.9 Å². The number of rotatable bonds is 6. The Morgan fingerprint density at radius 2 is 1.91 bits per heavy atom. The lowest BCUT2D eigenvalue weighted by atomic mass is 9.99. The zero-order chi connectivity index (χ0) is 23.9. The van der Waals surface area contributed by atoms with Gasteiger partial charge in [0.1, 0.15) is 0 Å². The van der Waals surface area contributed by atoms with Gasteiger partial charge in [-0.2, -0.15) is 13.5 Å². The molecule has 9 nitrogen and oxygen atoms in total. The number of hydrogen-bond donors (Lipinski definition) is 1. The number of benzene rings is 1. The molecule has 5 rings (SSSR count). The average Bonchev–Trinajstić information content (AvgIpc) is 3.54. The molecule has 0 saturated carbocycles. The van der Waals surface area contributed by atoms with Gasteiger partial charge in [0.05, 0.1) is 23.9 Å². The van der Waals surface area contributed by atoms with Crippen LogP contribution in [-0.2, 0) is 42.9 Å². The molecule has 1 aliphatic heterocycles. The molecular weight excluding hydrogens is 452 g/mol. The van der Waals surface area contributed by atoms with Crippen molar-refractivity contribution in [3.05, 3.63) is 40.7 Å². The molecular formula is C24H33N6O3S-. The number of fused-ring (bicyclic) bond motifs is 2. The van der Waals surface area contributed by atoms with E-state index in [-0.39, 0.29) is 6.04 Å². The fraction of sp³-hybridized carbons (Fsp3) is 0.583. The van der Waals surface area contributed by atoms with Gasteiger partial charge in [0.25, 0.3) is 0 Å². The topological polar surface area (TPSA) is 106 Å². The Hall–Kier alpha value is -2.59. The van der Waals surface area contributed by atoms with E-state index in [2.05, 4.69) is 32.7 Å². The Morgan fingerprint density at radius 1 is 1.21 bits per heavy atom. The van der Waals surface area contributed by atoms with Crippen LogP contribution in [0.3, 0.4) is 0 Å². The van der Waals surface area contributed by atoms with E-state index in [1.165, 1.54) is 21.6 Å². The molecule has 1 saturated heterocycles. The van der Waals surface area contributed by atoms with Crippen molar-refractivity contribution in [1.82, 2.24) is 14.7 Å². The summed E-state index contributed by atoms with van der Waals surface area (Å²) in [6.45, 7) is 4.45. The maximum Gasteiger partial charge on any atom is 0.345 e. The van der Waals surface area contributed by atoms with Crippen LogP contribution in [0.1, 0.15) is 54.9 Å². The molecule has 0 bridgehead atoms. The van der Waals surface area contributed by atoms with Crippen LogP contribution in [0, 0.1) is 0 Å². The van der Waals surface area contributed by atoms with Crippen molar-refractivity contribution in [2.75, 3.05) is 29.3 Å². The first-order valence-electron chi connectivity index (χ1n) is 12.3. The van der Waals surface area contributed by atoms with Crippen LogP contribution in [0.5, 0.6) is 0 Å². The van der Waals surface area contributed by atoms with E-state index in [9.17, 15) is 13.5 Å². The molecule has 1 N–H and O–H groups in total. The minimum absolute atomic E-state index is 0.301. The summed E-state index contributed by atoms with van der Waals surface area (Å²) in [7, 11) is -2.53. The summed E-state index contributed by atoms with van der Waals surface area (Å²) in [5, 5.41) is 20.1. The standard InChI is InChI=1S/C24H34N6O3S/c1-3-29-12-6-9-19(16-29)30(20-14-25-28(2)15-20)34(32,33)27-24(31)26-23-21-10-4-7-17(21)13-18-8-5-11-22(18)23/h13-15,19H,3-12,16H2,1-2H3,(H2,26,27,31)/p-1. The number of piperidine rings is 1. The van der Waals surface area contributed by atoms with Crippen molar-refractivity contribution in [1.29, 1.82) is 0 Å². The number of aryl methyl sites for hydroxylation is 3. The second-order valence-electron chi connectivity index (χ2n) is 9.59. The van der Waals surface area contributed by atoms with Crippen molar-refractivity contribution in [3.63, 3.8) is 0 Å². The van der Waals surface area contributed by atoms with Gasteiger partial charge in [-0.3, -0.25) is 4.68 Å². The summed E-state index contributed by atoms with van der Waals surface area (Å²) in [5.41, 5.74) is 6.08. The van der Waals surface area contributed by atoms with Gasteiger partial charge < -0.3 is 15.3 Å². The third kappa shape index (κ3) is 4.40. The Balaban J connectivity index is 1.47. The predicted molar refractivity (Wildman–Crippen MR) is 131 cm³/mol. The lowest BCUT2D eigenvalue weighted by molar-refractivity contribution is -0.213. The average molecular weight is 486 g/mol. The fourth-order valence-electron chi connectivity index (χ4n) is 5.81. The highest BCUT2D eigenvalue weighted by molar-refractivity contribution is 7.91. The molecule has 0 radical (unpaired) electrons. The van der Waals surface area contributed by atoms with E-state index in [0.29, 0.717) is 18.7 Å². The van der Waals surface area contributed by atoms with Crippen LogP contribution < -0.4 is 14.7 Å². The number of likely N-dealkylation sites (tertiary alicyclic amines) is 1. The minimum Gasteiger partial charge on any atom is -0.845 e. The lowest BCUT2D eigenvalue weighted by Gasteiger charge is -2.38. The van der Waals surface area contributed by atoms with Crippen molar-refractivity contribution < 1.29 is 13.5 Å². The van der Waals surface area contributed by atoms with Crippen LogP contribution >= 0.6 is 0 Å². The van der Waals surface area contributed by atoms with Gasteiger partial charge in [0, 0.05) is 25.5 Å². The quantitative estimate of drug-likeness (QED) is 0.494. The third-order valence-electron chi connectivity index (χ3n) is 7.36. The summed E-state index contributed by atoms with van der Waals surface area (Å²) in [5.74, 6) is 0. The number of likely N-dealkylation sites (N-methyl/N-ethyl adjacent to an activating group) is 1. The molecule has 1 aromatic carbocycles. The summed E-state index contributed by atoms with van der Waals surface area (Å²) in [6.07, 6.45) is 10.7. The summed E-state index contributed by atoms with van der Waals surface area (Å²) in [4.78, 5) is 2.23. The van der Waals surface area contributed by atoms with Crippen LogP contribution in [0.4, 0.5) is 11.4 Å². The summed E-state index contributed by atoms with van der Waals surface area (Å²) >= 11 is 0. The number of nitrogens with zero attached hydrogens (tertiary/aromatic N) is 5. The van der Waals surface area contributed by atoms with Gasteiger partial charge in [-0.1, -0.05) is 13.0 Å². The van der Waals surface area contributed by atoms with E-state index in [1.807, 2.05) is 0 Å². The molecule has 1 aromatic heterocycles. The largest absolute Gasteiger partial charge is 0.845 e. The second-order valence-corrected chi connectivity index (χ2v) is 11.1. The summed E-state index contributed by atoms with van der Waals surface area (Å²) in [6, 6.07) is 1.15. The van der Waals surface area contributed by atoms with E-state index in [0.717, 1.165) is 74.8 Å². The molecule has 0 amide bonds. The number of aromatic nitrogens is 2. The molecule has 0 spiro atoms. The van der Waals surface area contributed by atoms with Crippen molar-refractivity contribution >= 4 is 27.6 Å². The highest BCUT2D eigenvalue weighted by atomic mass is 32.2. The minimum atomic E-state index is -4.27. The van der Waals surface area contributed by atoms with Crippen molar-refractivity contribution in [2.24, 2.45) is 11.4 Å². The molecule has 2 aliphatic carbocycles. The maximum absolute atomic E-state index is 13.5. The zero-order valence-corrected chi connectivity index (χ0v) is 20.8. The predicted octanol–water partition coefficient (Wildman–Crippen LogP) is 1.76. The van der Waals surface area contributed by atoms with Gasteiger partial charge in [-0.15, -0.1) is 4.40 Å². The number of nitrogens with one attached hydrogen (secondary N) is 1. The molecule has 1 atom stereocenters. The molecule has 184 valence electrons. The normalized spacial score (nSPS) is 20.9. The number of amidine groups is 1. The highest BCUT2D eigenvalue weighted by Crippen LogP contribution is 2.38. The molecule has 1 unspecified atom stereocenters. The van der Waals surface area contributed by atoms with Gasteiger partial charge in [0.2, 0.25) is 0 Å². The van der Waals surface area contributed by atoms with E-state index in [4.69, 9.17) is 0 Å². The molecule has 34 heavy (non-hydrogen) atoms. The second kappa shape index (κ2) is 9.22. The van der Waals surface area contributed by atoms with Gasteiger partial charge in [0.15, 0.2) is 0 Å². The maximum atomic E-state index is 13.5. The van der Waals surface area contributed by atoms with Gasteiger partial charge in [-0.25, -0.2) is 4.31 Å². The lowest BCUT2D eigenvalue weighted by Crippen LogP contribution is -2.50. The Kier molecular flexibility index (Phi) is 6.28.